The molecule has 0 fully saturated rings. The molecule has 0 aromatic rings. The van der Waals surface area contributed by atoms with Crippen molar-refractivity contribution in [2.24, 2.45) is 0 Å². The minimum atomic E-state index is -6.17. The molecule has 0 spiro atoms. The molecule has 10 heteroatoms. The maximum atomic E-state index is 8.58. The van der Waals surface area contributed by atoms with Gasteiger partial charge in [0.2, 0.25) is 0 Å². The number of rotatable bonds is 60. The predicted octanol–water partition coefficient (Wildman–Crippen LogP) is 24.5. The molecule has 0 aromatic carbocycles. The third-order valence-corrected chi connectivity index (χ3v) is 22.7. The van der Waals surface area contributed by atoms with E-state index in [1.807, 2.05) is 0 Å². The summed E-state index contributed by atoms with van der Waals surface area (Å²) in [7, 11) is -6.17. The van der Waals surface area contributed by atoms with Gasteiger partial charge in [-0.05, 0) is 154 Å². The van der Waals surface area contributed by atoms with Gasteiger partial charge in [0.1, 0.15) is 0 Å². The molecule has 0 aliphatic heterocycles. The Kier molecular flexibility index (Phi) is 65.8. The van der Waals surface area contributed by atoms with E-state index in [-0.39, 0.29) is 0 Å². The Balaban J connectivity index is -0.000000547. The molecule has 0 aliphatic rings. The zero-order chi connectivity index (χ0) is 66.6. The summed E-state index contributed by atoms with van der Waals surface area (Å²) < 4.78 is 4.38. The van der Waals surface area contributed by atoms with Crippen LogP contribution >= 0.6 is 0 Å². The molecule has 0 saturated carbocycles. The second-order valence-electron chi connectivity index (χ2n) is 27.2. The van der Waals surface area contributed by atoms with Gasteiger partial charge in [0.25, 0.3) is 0 Å². The molecule has 0 aromatic heterocycles. The van der Waals surface area contributed by atoms with Gasteiger partial charge in [0.05, 0.1) is 78.5 Å². The molecule has 88 heavy (non-hydrogen) atoms. The van der Waals surface area contributed by atoms with Crippen molar-refractivity contribution >= 4 is 0 Å². The summed E-state index contributed by atoms with van der Waals surface area (Å²) in [4.78, 5) is 6.19. The summed E-state index contributed by atoms with van der Waals surface area (Å²) in [6.07, 6.45) is 68.5. The van der Waals surface area contributed by atoms with Gasteiger partial charge in [-0.3, -0.25) is 0 Å². The van der Waals surface area contributed by atoms with Gasteiger partial charge >= 0.3 is 72.1 Å². The maximum absolute atomic E-state index is 8.58. The summed E-state index contributed by atoms with van der Waals surface area (Å²) in [5.41, 5.74) is 0. The molecule has 0 radical (unpaired) electrons. The van der Waals surface area contributed by atoms with E-state index in [0.29, 0.717) is 0 Å². The van der Waals surface area contributed by atoms with Crippen LogP contribution in [0.25, 0.3) is 0 Å². The molecule has 0 heterocycles. The second kappa shape index (κ2) is 63.1. The fourth-order valence-electron chi connectivity index (χ4n) is 12.8. The molecular weight excluding hydrogens is 1120 g/mol. The van der Waals surface area contributed by atoms with Crippen LogP contribution in [0, 0.1) is 61.4 Å². The van der Waals surface area contributed by atoms with E-state index in [4.69, 9.17) is 31.6 Å². The summed E-state index contributed by atoms with van der Waals surface area (Å²) in [6, 6.07) is 0. The standard InChI is InChI=1S/3C24H52N.6CN.Fe/c3*1-5-9-13-17-21-25(22-18-14-10-6-2,23-19-15-11-7-3)24-20-16-12-8-4;6*1-2;/h3*5-24H2,1-4H3;;;;;;;/q3*+1;;;;;;;-3. The van der Waals surface area contributed by atoms with Crippen molar-refractivity contribution in [1.82, 2.24) is 0 Å². The van der Waals surface area contributed by atoms with Crippen LogP contribution in [-0.2, 0) is 10.7 Å². The van der Waals surface area contributed by atoms with Gasteiger partial charge in [0.15, 0.2) is 0 Å². The zero-order valence-corrected chi connectivity index (χ0v) is 62.9. The first-order valence-corrected chi connectivity index (χ1v) is 42.0. The van der Waals surface area contributed by atoms with Crippen molar-refractivity contribution in [2.75, 3.05) is 78.5 Å². The monoisotopic (exact) mass is 1280 g/mol. The number of hydrogen-bond acceptors (Lipinski definition) is 6. The Hall–Kier alpha value is -2.66. The van der Waals surface area contributed by atoms with E-state index in [0.717, 1.165) is 29.8 Å². The molecule has 0 N–H and O–H groups in total. The van der Waals surface area contributed by atoms with Crippen LogP contribution in [0.2, 0.25) is 0 Å². The molecule has 0 bridgehead atoms. The molecule has 0 atom stereocenters. The first-order chi connectivity index (χ1) is 42.7. The number of nitrogens with zero attached hydrogens (tertiary/aromatic N) is 9. The van der Waals surface area contributed by atoms with E-state index in [9.17, 15) is 0 Å². The number of nitriles is 6. The Morgan fingerprint density at radius 3 is 0.307 bits per heavy atom. The van der Waals surface area contributed by atoms with Crippen molar-refractivity contribution in [1.29, 1.82) is 31.6 Å². The van der Waals surface area contributed by atoms with Crippen LogP contribution in [0.5, 0.6) is 0 Å². The van der Waals surface area contributed by atoms with Crippen molar-refractivity contribution in [3.05, 3.63) is 0 Å². The Bertz CT molecular complexity index is 1360. The minimum absolute atomic E-state index is 1.03. The van der Waals surface area contributed by atoms with Gasteiger partial charge in [-0.15, -0.1) is 0 Å². The molecular formula is C78H156FeN9. The van der Waals surface area contributed by atoms with E-state index < -0.39 is 10.7 Å². The Labute approximate surface area is 552 Å². The van der Waals surface area contributed by atoms with Crippen LogP contribution < -0.4 is 0 Å². The first-order valence-electron chi connectivity index (χ1n) is 38.7. The molecule has 0 rings (SSSR count). The predicted molar refractivity (Wildman–Crippen MR) is 383 cm³/mol. The fraction of sp³-hybridized carbons (Fsp3) is 0.923. The van der Waals surface area contributed by atoms with E-state index in [2.05, 4.69) is 83.1 Å². The van der Waals surface area contributed by atoms with Gasteiger partial charge in [-0.2, -0.15) is 0 Å². The van der Waals surface area contributed by atoms with Crippen LogP contribution in [-0.4, -0.2) is 92.0 Å². The van der Waals surface area contributed by atoms with Crippen molar-refractivity contribution in [3.63, 3.8) is 0 Å². The second-order valence-corrected chi connectivity index (χ2v) is 32.9. The summed E-state index contributed by atoms with van der Waals surface area (Å²) >= 11 is 0. The van der Waals surface area contributed by atoms with E-state index >= 15 is 0 Å². The van der Waals surface area contributed by atoms with E-state index in [1.165, 1.54) is 400 Å². The summed E-state index contributed by atoms with van der Waals surface area (Å²) in [6.45, 7) is 45.6. The third kappa shape index (κ3) is 45.6. The number of quaternary nitrogens is 3. The van der Waals surface area contributed by atoms with Gasteiger partial charge < -0.3 is 13.4 Å². The van der Waals surface area contributed by atoms with Gasteiger partial charge in [-0.25, -0.2) is 0 Å². The topological polar surface area (TPSA) is 143 Å². The quantitative estimate of drug-likeness (QED) is 0.0337. The normalized spacial score (nSPS) is 12.2. The van der Waals surface area contributed by atoms with Crippen molar-refractivity contribution in [3.8, 4) is 29.8 Å². The first kappa shape index (κ1) is 91.8. The van der Waals surface area contributed by atoms with Crippen LogP contribution in [0.3, 0.4) is 0 Å². The van der Waals surface area contributed by atoms with Crippen LogP contribution in [0.15, 0.2) is 0 Å². The third-order valence-electron chi connectivity index (χ3n) is 19.0. The molecule has 0 amide bonds. The number of hydrogen-bond donors (Lipinski definition) is 0. The molecule has 9 nitrogen and oxygen atoms in total. The molecule has 521 valence electrons. The van der Waals surface area contributed by atoms with Crippen molar-refractivity contribution in [2.45, 2.75) is 391 Å². The average Bonchev–Trinajstić information content (AvgIpc) is 1.73. The fourth-order valence-corrected chi connectivity index (χ4v) is 13.6. The number of unbranched alkanes of at least 4 members (excludes halogenated alkanes) is 36. The molecule has 0 aliphatic carbocycles. The Morgan fingerprint density at radius 2 is 0.250 bits per heavy atom. The Morgan fingerprint density at radius 1 is 0.159 bits per heavy atom. The SMILES string of the molecule is CCCCCC[N+](CCCCCC)(CCCCCC)CCCCCC.CCCCCC[N+](CCCCCC)(CCCCCC)CCCCCC.CCCCCC[N+](CCCCCC)(CCCCCC)CCCCCC.N#[C][Fe-3]([C]#N)([C]#N)([C]#N)([C]#N)[C]#N. The summed E-state index contributed by atoms with van der Waals surface area (Å²) in [5, 5.41) is 51.5. The average molecular weight is 1280 g/mol. The molecule has 0 saturated heterocycles. The van der Waals surface area contributed by atoms with Crippen LogP contribution in [0.1, 0.15) is 391 Å². The van der Waals surface area contributed by atoms with E-state index in [1.54, 1.807) is 0 Å². The van der Waals surface area contributed by atoms with Gasteiger partial charge in [0, 0.05) is 0 Å². The summed E-state index contributed by atoms with van der Waals surface area (Å²) in [5.74, 6) is 0. The van der Waals surface area contributed by atoms with Crippen molar-refractivity contribution < 1.29 is 24.2 Å². The van der Waals surface area contributed by atoms with Crippen LogP contribution in [0.4, 0.5) is 0 Å². The van der Waals surface area contributed by atoms with Gasteiger partial charge in [-0.1, -0.05) is 237 Å². The zero-order valence-electron chi connectivity index (χ0n) is 61.8. The molecule has 0 unspecified atom stereocenters.